The fourth-order valence-electron chi connectivity index (χ4n) is 10.7. The van der Waals surface area contributed by atoms with E-state index in [1.165, 1.54) is 19.2 Å². The summed E-state index contributed by atoms with van der Waals surface area (Å²) in [5.41, 5.74) is 0.881. The Bertz CT molecular complexity index is 3730. The summed E-state index contributed by atoms with van der Waals surface area (Å²) in [4.78, 5) is 36.5. The monoisotopic (exact) mass is 1220 g/mol. The normalized spacial score (nSPS) is 17.9. The standard InChI is InChI=1S/C54H66N4O20S4/c1-53(2)46(56(21-8-6-7-12-48(59)55-20-22-58-49(60)17-18-50(58)61)42-15-13-38-40(51(42)53)32-36(79(62,63)64)34-44(38)81(68,69)70)10-9-11-47-54(3,19-24-76-28-29-78-31-30-77-27-26-75-5)52-41-33-37(80(65,66)67)35-45(82(71,72)73)39(41)14-16-43(52)57(47)23-25-74-4/h9-11,13-18,32-35H,6-8,12,19-31H2,1-5H3,(H4-,55,59,62,63,64,65,66,67,68,69,70,71,72,73)/p+1. The second-order valence-corrected chi connectivity index (χ2v) is 25.9. The lowest BCUT2D eigenvalue weighted by Crippen LogP contribution is -2.38. The molecule has 24 nitrogen and oxygen atoms in total. The van der Waals surface area contributed by atoms with Gasteiger partial charge in [0.2, 0.25) is 11.6 Å². The summed E-state index contributed by atoms with van der Waals surface area (Å²) in [6, 6.07) is 9.80. The van der Waals surface area contributed by atoms with Crippen LogP contribution < -0.4 is 10.2 Å². The molecule has 1 unspecified atom stereocenters. The van der Waals surface area contributed by atoms with Gasteiger partial charge in [-0.1, -0.05) is 12.1 Å². The molecule has 4 aromatic carbocycles. The quantitative estimate of drug-likeness (QED) is 0.0200. The Morgan fingerprint density at radius 1 is 0.622 bits per heavy atom. The number of allylic oxidation sites excluding steroid dienone is 4. The number of unbranched alkanes of at least 4 members (excludes halogenated alkanes) is 2. The molecule has 0 fully saturated rings. The highest BCUT2D eigenvalue weighted by Gasteiger charge is 2.48. The topological polar surface area (TPSA) is 336 Å². The summed E-state index contributed by atoms with van der Waals surface area (Å²) in [5, 5.41) is 2.87. The van der Waals surface area contributed by atoms with Crippen LogP contribution in [0.15, 0.2) is 104 Å². The van der Waals surface area contributed by atoms with Gasteiger partial charge in [-0.3, -0.25) is 37.5 Å². The first kappa shape index (κ1) is 63.7. The van der Waals surface area contributed by atoms with Crippen LogP contribution in [0.2, 0.25) is 0 Å². The molecular weight excluding hydrogens is 1150 g/mol. The lowest BCUT2D eigenvalue weighted by Gasteiger charge is -2.31. The van der Waals surface area contributed by atoms with Crippen molar-refractivity contribution >= 4 is 96.8 Å². The highest BCUT2D eigenvalue weighted by molar-refractivity contribution is 7.87. The predicted molar refractivity (Wildman–Crippen MR) is 300 cm³/mol. The van der Waals surface area contributed by atoms with Crippen LogP contribution in [0.4, 0.5) is 11.4 Å². The molecule has 0 saturated heterocycles. The Morgan fingerprint density at radius 2 is 1.16 bits per heavy atom. The number of benzene rings is 4. The molecule has 3 heterocycles. The van der Waals surface area contributed by atoms with Gasteiger partial charge in [-0.15, -0.1) is 0 Å². The number of nitrogens with zero attached hydrogens (tertiary/aromatic N) is 3. The largest absolute Gasteiger partial charge is 0.383 e. The van der Waals surface area contributed by atoms with E-state index in [1.807, 2.05) is 42.4 Å². The summed E-state index contributed by atoms with van der Waals surface area (Å²) in [5.74, 6) is -1.22. The van der Waals surface area contributed by atoms with Crippen LogP contribution >= 0.6 is 0 Å². The van der Waals surface area contributed by atoms with Crippen LogP contribution in [0.5, 0.6) is 0 Å². The van der Waals surface area contributed by atoms with Crippen LogP contribution in [-0.2, 0) is 89.4 Å². The van der Waals surface area contributed by atoms with Crippen molar-refractivity contribution in [2.45, 2.75) is 83.3 Å². The average Bonchev–Trinajstić information content (AvgIpc) is 4.16. The number of fused-ring (bicyclic) bond motifs is 6. The SMILES string of the molecule is COCCOCCOCCOCCC1(C)C(=CC=CC2=[N+](CCCCCC(=O)NCCN3C(=O)C=CC3=O)c3ccc4c(S(=O)(=O)O)cc(S(=O)(=O)O)cc4c3C2(C)C)N(CCOC)c2ccc3c(S(=O)(=O)O)cc(S(=O)(=O)O)cc3c21. The highest BCUT2D eigenvalue weighted by atomic mass is 32.2. The van der Waals surface area contributed by atoms with Crippen molar-refractivity contribution in [3.8, 4) is 0 Å². The number of hydrogen-bond acceptors (Lipinski definition) is 17. The van der Waals surface area contributed by atoms with Gasteiger partial charge in [0.15, 0.2) is 5.71 Å². The number of nitrogens with one attached hydrogen (secondary N) is 1. The second-order valence-electron chi connectivity index (χ2n) is 20.3. The fourth-order valence-corrected chi connectivity index (χ4v) is 13.4. The molecule has 446 valence electrons. The molecule has 0 saturated carbocycles. The van der Waals surface area contributed by atoms with Crippen molar-refractivity contribution in [1.82, 2.24) is 10.2 Å². The molecule has 82 heavy (non-hydrogen) atoms. The number of carbonyl (C=O) groups is 3. The van der Waals surface area contributed by atoms with Gasteiger partial charge >= 0.3 is 0 Å². The third kappa shape index (κ3) is 14.2. The number of ether oxygens (including phenoxy) is 5. The van der Waals surface area contributed by atoms with Gasteiger partial charge in [-0.05, 0) is 98.8 Å². The third-order valence-corrected chi connectivity index (χ3v) is 18.0. The Labute approximate surface area is 476 Å². The van der Waals surface area contributed by atoms with E-state index >= 15 is 0 Å². The predicted octanol–water partition coefficient (Wildman–Crippen LogP) is 4.91. The third-order valence-electron chi connectivity index (χ3n) is 14.6. The minimum absolute atomic E-state index is 0.0113. The number of imide groups is 1. The number of carbonyl (C=O) groups excluding carboxylic acids is 3. The van der Waals surface area contributed by atoms with Gasteiger partial charge < -0.3 is 33.9 Å². The average molecular weight is 1220 g/mol. The van der Waals surface area contributed by atoms with E-state index in [9.17, 15) is 66.3 Å². The van der Waals surface area contributed by atoms with Gasteiger partial charge in [0.05, 0.1) is 61.5 Å². The number of methoxy groups -OCH3 is 2. The zero-order valence-corrected chi connectivity index (χ0v) is 49.1. The molecular formula is C54H67N4O20S4+. The Kier molecular flexibility index (Phi) is 20.2. The Hall–Kier alpha value is -5.86. The highest BCUT2D eigenvalue weighted by Crippen LogP contribution is 2.54. The molecule has 3 aliphatic rings. The molecule has 3 amide bonds. The molecule has 7 rings (SSSR count). The van der Waals surface area contributed by atoms with E-state index in [-0.39, 0.29) is 86.4 Å². The molecule has 28 heteroatoms. The first-order chi connectivity index (χ1) is 38.5. The van der Waals surface area contributed by atoms with Crippen LogP contribution in [0.1, 0.15) is 64.0 Å². The van der Waals surface area contributed by atoms with Crippen molar-refractivity contribution in [3.63, 3.8) is 0 Å². The van der Waals surface area contributed by atoms with E-state index in [1.54, 1.807) is 25.3 Å². The van der Waals surface area contributed by atoms with Crippen molar-refractivity contribution in [1.29, 1.82) is 0 Å². The smallest absolute Gasteiger partial charge is 0.295 e. The maximum atomic E-state index is 12.9. The molecule has 1 atom stereocenters. The second kappa shape index (κ2) is 26.0. The first-order valence-corrected chi connectivity index (χ1v) is 31.8. The number of amides is 3. The zero-order chi connectivity index (χ0) is 60.0. The molecule has 0 aliphatic carbocycles. The fraction of sp³-hybridized carbons (Fsp3) is 0.444. The van der Waals surface area contributed by atoms with Crippen molar-refractivity contribution in [2.24, 2.45) is 0 Å². The minimum Gasteiger partial charge on any atom is -0.383 e. The van der Waals surface area contributed by atoms with Crippen molar-refractivity contribution < 1.29 is 94.5 Å². The van der Waals surface area contributed by atoms with Crippen molar-refractivity contribution in [2.75, 3.05) is 98.2 Å². The summed E-state index contributed by atoms with van der Waals surface area (Å²) >= 11 is 0. The molecule has 3 aliphatic heterocycles. The summed E-state index contributed by atoms with van der Waals surface area (Å²) in [7, 11) is -17.2. The van der Waals surface area contributed by atoms with E-state index in [0.29, 0.717) is 98.3 Å². The van der Waals surface area contributed by atoms with E-state index in [4.69, 9.17) is 23.7 Å². The molecule has 5 N–H and O–H groups in total. The van der Waals surface area contributed by atoms with E-state index in [2.05, 4.69) is 5.32 Å². The first-order valence-electron chi connectivity index (χ1n) is 26.0. The molecule has 0 spiro atoms. The van der Waals surface area contributed by atoms with Crippen LogP contribution in [0.3, 0.4) is 0 Å². The lowest BCUT2D eigenvalue weighted by molar-refractivity contribution is -0.438. The van der Waals surface area contributed by atoms with Crippen LogP contribution in [0.25, 0.3) is 21.5 Å². The van der Waals surface area contributed by atoms with Gasteiger partial charge in [0.25, 0.3) is 52.3 Å². The number of hydrogen-bond donors (Lipinski definition) is 5. The maximum absolute atomic E-state index is 12.9. The zero-order valence-electron chi connectivity index (χ0n) is 45.8. The maximum Gasteiger partial charge on any atom is 0.295 e. The summed E-state index contributed by atoms with van der Waals surface area (Å²) in [6.07, 6.45) is 9.45. The summed E-state index contributed by atoms with van der Waals surface area (Å²) in [6.45, 7) is 8.18. The molecule has 0 radical (unpaired) electrons. The summed E-state index contributed by atoms with van der Waals surface area (Å²) < 4.78 is 174. The Balaban J connectivity index is 1.30. The van der Waals surface area contributed by atoms with E-state index in [0.717, 1.165) is 29.2 Å². The lowest BCUT2D eigenvalue weighted by atomic mass is 9.76. The molecule has 0 bridgehead atoms. The van der Waals surface area contributed by atoms with E-state index < -0.39 is 82.7 Å². The minimum atomic E-state index is -5.09. The number of rotatable bonds is 30. The van der Waals surface area contributed by atoms with Gasteiger partial charge in [-0.25, -0.2) is 0 Å². The molecule has 4 aromatic rings. The van der Waals surface area contributed by atoms with Crippen molar-refractivity contribution in [3.05, 3.63) is 95.7 Å². The number of anilines is 1. The molecule has 0 aromatic heterocycles. The van der Waals surface area contributed by atoms with Gasteiger partial charge in [0, 0.05) is 111 Å². The van der Waals surface area contributed by atoms with Gasteiger partial charge in [0.1, 0.15) is 16.3 Å². The van der Waals surface area contributed by atoms with Crippen LogP contribution in [0, 0.1) is 0 Å². The Morgan fingerprint density at radius 3 is 1.71 bits per heavy atom. The van der Waals surface area contributed by atoms with Gasteiger partial charge in [-0.2, -0.15) is 38.2 Å². The van der Waals surface area contributed by atoms with Crippen LogP contribution in [-0.4, -0.2) is 178 Å².